The minimum Gasteiger partial charge on any atom is -0.355 e. The van der Waals surface area contributed by atoms with Gasteiger partial charge in [-0.15, -0.1) is 0 Å². The highest BCUT2D eigenvalue weighted by atomic mass is 19.1. The van der Waals surface area contributed by atoms with Crippen LogP contribution in [-0.2, 0) is 26.8 Å². The van der Waals surface area contributed by atoms with Crippen molar-refractivity contribution in [1.29, 1.82) is 0 Å². The van der Waals surface area contributed by atoms with Crippen molar-refractivity contribution in [2.45, 2.75) is 38.6 Å². The molecule has 4 rings (SSSR count). The van der Waals surface area contributed by atoms with Crippen LogP contribution < -0.4 is 16.0 Å². The predicted octanol–water partition coefficient (Wildman–Crippen LogP) is 3.55. The molecule has 1 aromatic heterocycles. The first-order valence-electron chi connectivity index (χ1n) is 11.3. The molecule has 2 aromatic carbocycles. The maximum atomic E-state index is 14.7. The molecule has 3 N–H and O–H groups in total. The van der Waals surface area contributed by atoms with Crippen molar-refractivity contribution in [3.05, 3.63) is 65.6 Å². The second-order valence-corrected chi connectivity index (χ2v) is 9.83. The van der Waals surface area contributed by atoms with Gasteiger partial charge in [-0.25, -0.2) is 4.39 Å². The predicted molar refractivity (Wildman–Crippen MR) is 129 cm³/mol. The zero-order valence-electron chi connectivity index (χ0n) is 19.7. The van der Waals surface area contributed by atoms with Crippen LogP contribution in [0, 0.1) is 11.7 Å². The summed E-state index contributed by atoms with van der Waals surface area (Å²) in [6.45, 7) is 5.98. The molecule has 0 saturated carbocycles. The van der Waals surface area contributed by atoms with Crippen molar-refractivity contribution in [2.24, 2.45) is 13.0 Å². The van der Waals surface area contributed by atoms with E-state index in [9.17, 15) is 18.8 Å². The number of nitrogens with one attached hydrogen (secondary N) is 3. The number of carbonyl (C=O) groups excluding carboxylic acids is 3. The van der Waals surface area contributed by atoms with Crippen LogP contribution in [0.15, 0.2) is 48.7 Å². The molecule has 34 heavy (non-hydrogen) atoms. The minimum absolute atomic E-state index is 0.0807. The first kappa shape index (κ1) is 23.5. The number of halogens is 1. The van der Waals surface area contributed by atoms with Crippen LogP contribution in [0.1, 0.15) is 44.4 Å². The molecule has 2 heterocycles. The lowest BCUT2D eigenvalue weighted by molar-refractivity contribution is -0.129. The molecule has 178 valence electrons. The molecule has 1 aliphatic rings. The Kier molecular flexibility index (Phi) is 6.17. The quantitative estimate of drug-likeness (QED) is 0.539. The van der Waals surface area contributed by atoms with Gasteiger partial charge in [0.2, 0.25) is 11.8 Å². The fourth-order valence-electron chi connectivity index (χ4n) is 4.25. The monoisotopic (exact) mass is 464 g/mol. The fraction of sp³-hybridized carbons (Fsp3) is 0.346. The smallest absolute Gasteiger partial charge is 0.251 e. The third-order valence-electron chi connectivity index (χ3n) is 6.18. The van der Waals surface area contributed by atoms with Gasteiger partial charge in [0.05, 0.1) is 5.92 Å². The molecule has 0 spiro atoms. The standard InChI is InChI=1S/C26H29FN4O3/c1-26(2,3)19-7-6-18(13-20(19)27)29-25(34)23(30-24(33)17-12-22(32)28-14-17)16-5-8-21-15(11-16)9-10-31(21)4/h5-11,13,17,23H,12,14H2,1-4H3,(H,28,32)(H,29,34)(H,30,33)/t17-,23?/m1/s1. The highest BCUT2D eigenvalue weighted by molar-refractivity contribution is 5.99. The van der Waals surface area contributed by atoms with Crippen LogP contribution in [0.2, 0.25) is 0 Å². The highest BCUT2D eigenvalue weighted by Gasteiger charge is 2.32. The molecule has 0 radical (unpaired) electrons. The number of benzene rings is 2. The van der Waals surface area contributed by atoms with E-state index in [4.69, 9.17) is 0 Å². The number of nitrogens with zero attached hydrogens (tertiary/aromatic N) is 1. The number of fused-ring (bicyclic) bond motifs is 1. The van der Waals surface area contributed by atoms with Crippen molar-refractivity contribution >= 4 is 34.3 Å². The second kappa shape index (κ2) is 8.93. The van der Waals surface area contributed by atoms with Gasteiger partial charge in [0.15, 0.2) is 0 Å². The largest absolute Gasteiger partial charge is 0.355 e. The summed E-state index contributed by atoms with van der Waals surface area (Å²) >= 11 is 0. The first-order valence-corrected chi connectivity index (χ1v) is 11.3. The number of hydrogen-bond donors (Lipinski definition) is 3. The van der Waals surface area contributed by atoms with Gasteiger partial charge in [0.25, 0.3) is 5.91 Å². The molecule has 7 nitrogen and oxygen atoms in total. The van der Waals surface area contributed by atoms with Gasteiger partial charge in [0.1, 0.15) is 11.9 Å². The van der Waals surface area contributed by atoms with Crippen LogP contribution in [0.5, 0.6) is 0 Å². The van der Waals surface area contributed by atoms with Crippen LogP contribution >= 0.6 is 0 Å². The molecule has 1 unspecified atom stereocenters. The van der Waals surface area contributed by atoms with Gasteiger partial charge >= 0.3 is 0 Å². The Morgan fingerprint density at radius 3 is 2.56 bits per heavy atom. The Labute approximate surface area is 197 Å². The van der Waals surface area contributed by atoms with Gasteiger partial charge in [-0.05, 0) is 52.3 Å². The lowest BCUT2D eigenvalue weighted by Gasteiger charge is -2.22. The average molecular weight is 465 g/mol. The molecular weight excluding hydrogens is 435 g/mol. The molecule has 1 saturated heterocycles. The summed E-state index contributed by atoms with van der Waals surface area (Å²) in [5.41, 5.74) is 2.05. The zero-order chi connectivity index (χ0) is 24.6. The number of aromatic nitrogens is 1. The topological polar surface area (TPSA) is 92.2 Å². The summed E-state index contributed by atoms with van der Waals surface area (Å²) in [6.07, 6.45) is 1.99. The van der Waals surface area contributed by atoms with E-state index < -0.39 is 23.7 Å². The summed E-state index contributed by atoms with van der Waals surface area (Å²) in [7, 11) is 1.92. The zero-order valence-corrected chi connectivity index (χ0v) is 19.7. The first-order chi connectivity index (χ1) is 16.0. The van der Waals surface area contributed by atoms with Gasteiger partial charge in [0, 0.05) is 37.4 Å². The van der Waals surface area contributed by atoms with Gasteiger partial charge in [-0.3, -0.25) is 14.4 Å². The van der Waals surface area contributed by atoms with Crippen LogP contribution in [0.3, 0.4) is 0 Å². The maximum Gasteiger partial charge on any atom is 0.251 e. The Hall–Kier alpha value is -3.68. The van der Waals surface area contributed by atoms with Crippen molar-refractivity contribution in [3.63, 3.8) is 0 Å². The molecular formula is C26H29FN4O3. The summed E-state index contributed by atoms with van der Waals surface area (Å²) in [5, 5.41) is 9.09. The molecule has 0 bridgehead atoms. The van der Waals surface area contributed by atoms with Gasteiger partial charge in [-0.2, -0.15) is 0 Å². The number of amides is 3. The molecule has 8 heteroatoms. The maximum absolute atomic E-state index is 14.7. The molecule has 0 aliphatic carbocycles. The van der Waals surface area contributed by atoms with Crippen LogP contribution in [0.4, 0.5) is 10.1 Å². The van der Waals surface area contributed by atoms with E-state index in [0.29, 0.717) is 16.8 Å². The van der Waals surface area contributed by atoms with E-state index in [1.54, 1.807) is 18.2 Å². The molecule has 3 aromatic rings. The number of hydrogen-bond acceptors (Lipinski definition) is 3. The number of anilines is 1. The second-order valence-electron chi connectivity index (χ2n) is 9.83. The molecule has 1 aliphatic heterocycles. The lowest BCUT2D eigenvalue weighted by atomic mass is 9.86. The van der Waals surface area contributed by atoms with E-state index in [-0.39, 0.29) is 30.2 Å². The van der Waals surface area contributed by atoms with E-state index in [0.717, 1.165) is 10.9 Å². The minimum atomic E-state index is -1.02. The van der Waals surface area contributed by atoms with Crippen LogP contribution in [0.25, 0.3) is 10.9 Å². The third kappa shape index (κ3) is 4.81. The van der Waals surface area contributed by atoms with E-state index in [1.807, 2.05) is 56.8 Å². The Bertz CT molecular complexity index is 1270. The summed E-state index contributed by atoms with van der Waals surface area (Å²) in [5.74, 6) is -2.04. The normalized spacial score (nSPS) is 16.9. The summed E-state index contributed by atoms with van der Waals surface area (Å²) in [6, 6.07) is 11.0. The molecule has 2 atom stereocenters. The SMILES string of the molecule is Cn1ccc2cc(C(NC(=O)[C@H]3CNC(=O)C3)C(=O)Nc3ccc(C(C)(C)C)c(F)c3)ccc21. The Morgan fingerprint density at radius 1 is 1.15 bits per heavy atom. The van der Waals surface area contributed by atoms with Crippen LogP contribution in [-0.4, -0.2) is 28.8 Å². The Morgan fingerprint density at radius 2 is 1.91 bits per heavy atom. The summed E-state index contributed by atoms with van der Waals surface area (Å²) in [4.78, 5) is 37.7. The van der Waals surface area contributed by atoms with Crippen molar-refractivity contribution in [1.82, 2.24) is 15.2 Å². The number of aryl methyl sites for hydroxylation is 1. The Balaban J connectivity index is 1.62. The average Bonchev–Trinajstić information content (AvgIpc) is 3.36. The van der Waals surface area contributed by atoms with E-state index >= 15 is 0 Å². The highest BCUT2D eigenvalue weighted by Crippen LogP contribution is 2.28. The van der Waals surface area contributed by atoms with Crippen molar-refractivity contribution in [3.8, 4) is 0 Å². The van der Waals surface area contributed by atoms with E-state index in [2.05, 4.69) is 16.0 Å². The number of rotatable bonds is 5. The van der Waals surface area contributed by atoms with Crippen molar-refractivity contribution < 1.29 is 18.8 Å². The van der Waals surface area contributed by atoms with Gasteiger partial charge in [-0.1, -0.05) is 32.9 Å². The molecule has 3 amide bonds. The van der Waals surface area contributed by atoms with E-state index in [1.165, 1.54) is 6.07 Å². The fourth-order valence-corrected chi connectivity index (χ4v) is 4.25. The van der Waals surface area contributed by atoms with Gasteiger partial charge < -0.3 is 20.5 Å². The third-order valence-corrected chi connectivity index (χ3v) is 6.18. The summed E-state index contributed by atoms with van der Waals surface area (Å²) < 4.78 is 16.6. The number of carbonyl (C=O) groups is 3. The van der Waals surface area contributed by atoms with Crippen molar-refractivity contribution in [2.75, 3.05) is 11.9 Å². The molecule has 1 fully saturated rings. The lowest BCUT2D eigenvalue weighted by Crippen LogP contribution is -2.40.